The molecule has 3 aromatic carbocycles. The molecule has 1 aliphatic carbocycles. The van der Waals surface area contributed by atoms with Gasteiger partial charge >= 0.3 is 0 Å². The Balaban J connectivity index is 1.45. The van der Waals surface area contributed by atoms with Crippen molar-refractivity contribution in [3.8, 4) is 0 Å². The Morgan fingerprint density at radius 1 is 1.06 bits per heavy atom. The van der Waals surface area contributed by atoms with Crippen LogP contribution in [0, 0.1) is 0 Å². The van der Waals surface area contributed by atoms with Gasteiger partial charge in [-0.3, -0.25) is 4.79 Å². The normalized spacial score (nSPS) is 19.8. The van der Waals surface area contributed by atoms with Crippen LogP contribution in [0.2, 0.25) is 0 Å². The zero-order valence-electron chi connectivity index (χ0n) is 18.2. The third-order valence-corrected chi connectivity index (χ3v) is 6.47. The first-order valence-corrected chi connectivity index (χ1v) is 11.4. The minimum Gasteiger partial charge on any atom is -0.395 e. The standard InChI is InChI=1S/C27H32N2O2/c1-19(25-14-6-8-20-7-2-3-13-26(20)25)29-24-12-5-10-22(18-24)21-9-4-11-23(17-21)27(31)28-15-16-30/h2-4,6-9,11,13-14,17,19,22,24,29-30H,5,10,12,15-16,18H2,1H3,(H,28,31)/t19-,22?,24?/m1/s1. The van der Waals surface area contributed by atoms with Crippen LogP contribution >= 0.6 is 0 Å². The van der Waals surface area contributed by atoms with Crippen LogP contribution in [0.4, 0.5) is 0 Å². The molecule has 1 fully saturated rings. The van der Waals surface area contributed by atoms with E-state index in [4.69, 9.17) is 5.11 Å². The number of aliphatic hydroxyl groups excluding tert-OH is 1. The van der Waals surface area contributed by atoms with E-state index in [9.17, 15) is 4.79 Å². The summed E-state index contributed by atoms with van der Waals surface area (Å²) in [4.78, 5) is 12.3. The lowest BCUT2D eigenvalue weighted by Crippen LogP contribution is -2.35. The molecule has 0 spiro atoms. The lowest BCUT2D eigenvalue weighted by atomic mass is 9.80. The molecule has 3 N–H and O–H groups in total. The zero-order valence-corrected chi connectivity index (χ0v) is 18.2. The first-order chi connectivity index (χ1) is 15.2. The molecular formula is C27H32N2O2. The van der Waals surface area contributed by atoms with Crippen LogP contribution in [0.3, 0.4) is 0 Å². The van der Waals surface area contributed by atoms with Crippen molar-refractivity contribution in [1.29, 1.82) is 0 Å². The molecule has 3 aromatic rings. The first-order valence-electron chi connectivity index (χ1n) is 11.4. The minimum atomic E-state index is -0.119. The summed E-state index contributed by atoms with van der Waals surface area (Å²) in [6, 6.07) is 23.9. The topological polar surface area (TPSA) is 61.4 Å². The summed E-state index contributed by atoms with van der Waals surface area (Å²) < 4.78 is 0. The van der Waals surface area contributed by atoms with Gasteiger partial charge in [0.05, 0.1) is 6.61 Å². The number of aliphatic hydroxyl groups is 1. The van der Waals surface area contributed by atoms with Gasteiger partial charge in [-0.15, -0.1) is 0 Å². The monoisotopic (exact) mass is 416 g/mol. The molecule has 4 rings (SSSR count). The molecule has 0 heterocycles. The van der Waals surface area contributed by atoms with E-state index >= 15 is 0 Å². The lowest BCUT2D eigenvalue weighted by molar-refractivity contribution is 0.0944. The number of hydrogen-bond acceptors (Lipinski definition) is 3. The molecule has 4 nitrogen and oxygen atoms in total. The second-order valence-electron chi connectivity index (χ2n) is 8.62. The fourth-order valence-corrected chi connectivity index (χ4v) is 4.92. The van der Waals surface area contributed by atoms with Crippen molar-refractivity contribution in [3.05, 3.63) is 83.4 Å². The molecule has 31 heavy (non-hydrogen) atoms. The van der Waals surface area contributed by atoms with Crippen LogP contribution in [0.15, 0.2) is 66.7 Å². The predicted octanol–water partition coefficient (Wildman–Crippen LogP) is 4.94. The summed E-state index contributed by atoms with van der Waals surface area (Å²) in [6.07, 6.45) is 4.60. The maximum atomic E-state index is 12.3. The van der Waals surface area contributed by atoms with Gasteiger partial charge in [0, 0.05) is 24.2 Å². The first kappa shape index (κ1) is 21.5. The van der Waals surface area contributed by atoms with Gasteiger partial charge in [0.2, 0.25) is 0 Å². The Labute approximate surface area is 184 Å². The highest BCUT2D eigenvalue weighted by Gasteiger charge is 2.25. The summed E-state index contributed by atoms with van der Waals surface area (Å²) >= 11 is 0. The van der Waals surface area contributed by atoms with E-state index in [1.165, 1.54) is 34.7 Å². The van der Waals surface area contributed by atoms with Crippen LogP contribution in [0.25, 0.3) is 10.8 Å². The third kappa shape index (κ3) is 5.15. The molecule has 1 amide bonds. The van der Waals surface area contributed by atoms with Crippen molar-refractivity contribution in [1.82, 2.24) is 10.6 Å². The molecule has 0 saturated heterocycles. The molecule has 1 saturated carbocycles. The number of benzene rings is 3. The summed E-state index contributed by atoms with van der Waals surface area (Å²) in [5.41, 5.74) is 3.26. The van der Waals surface area contributed by atoms with Gasteiger partial charge in [0.25, 0.3) is 5.91 Å². The van der Waals surface area contributed by atoms with Crippen LogP contribution in [0.1, 0.15) is 66.1 Å². The van der Waals surface area contributed by atoms with Gasteiger partial charge in [-0.25, -0.2) is 0 Å². The van der Waals surface area contributed by atoms with E-state index in [2.05, 4.69) is 66.1 Å². The number of carbonyl (C=O) groups is 1. The number of carbonyl (C=O) groups excluding carboxylic acids is 1. The van der Waals surface area contributed by atoms with E-state index in [0.29, 0.717) is 17.5 Å². The van der Waals surface area contributed by atoms with E-state index in [1.54, 1.807) is 0 Å². The number of nitrogens with one attached hydrogen (secondary N) is 2. The quantitative estimate of drug-likeness (QED) is 0.511. The van der Waals surface area contributed by atoms with Crippen LogP contribution in [-0.2, 0) is 0 Å². The predicted molar refractivity (Wildman–Crippen MR) is 126 cm³/mol. The van der Waals surface area contributed by atoms with Crippen molar-refractivity contribution in [2.45, 2.75) is 50.6 Å². The average molecular weight is 417 g/mol. The van der Waals surface area contributed by atoms with E-state index in [1.807, 2.05) is 18.2 Å². The van der Waals surface area contributed by atoms with Crippen molar-refractivity contribution >= 4 is 16.7 Å². The van der Waals surface area contributed by atoms with Crippen molar-refractivity contribution < 1.29 is 9.90 Å². The highest BCUT2D eigenvalue weighted by molar-refractivity contribution is 5.94. The Morgan fingerprint density at radius 3 is 2.74 bits per heavy atom. The Bertz CT molecular complexity index is 1030. The van der Waals surface area contributed by atoms with Crippen LogP contribution < -0.4 is 10.6 Å². The summed E-state index contributed by atoms with van der Waals surface area (Å²) in [7, 11) is 0. The molecule has 1 aliphatic rings. The smallest absolute Gasteiger partial charge is 0.251 e. The molecule has 3 atom stereocenters. The van der Waals surface area contributed by atoms with Crippen molar-refractivity contribution in [2.75, 3.05) is 13.2 Å². The highest BCUT2D eigenvalue weighted by Crippen LogP contribution is 2.35. The number of fused-ring (bicyclic) bond motifs is 1. The molecule has 0 aromatic heterocycles. The molecule has 2 unspecified atom stereocenters. The molecule has 0 bridgehead atoms. The zero-order chi connectivity index (χ0) is 21.6. The number of hydrogen-bond donors (Lipinski definition) is 3. The fourth-order valence-electron chi connectivity index (χ4n) is 4.92. The largest absolute Gasteiger partial charge is 0.395 e. The van der Waals surface area contributed by atoms with Crippen LogP contribution in [0.5, 0.6) is 0 Å². The Hall–Kier alpha value is -2.69. The SMILES string of the molecule is C[C@@H](NC1CCCC(c2cccc(C(=O)NCCO)c2)C1)c1cccc2ccccc12. The maximum absolute atomic E-state index is 12.3. The maximum Gasteiger partial charge on any atom is 0.251 e. The Kier molecular flexibility index (Phi) is 7.00. The molecule has 162 valence electrons. The second-order valence-corrected chi connectivity index (χ2v) is 8.62. The van der Waals surface area contributed by atoms with Crippen LogP contribution in [-0.4, -0.2) is 30.2 Å². The molecular weight excluding hydrogens is 384 g/mol. The fraction of sp³-hybridized carbons (Fsp3) is 0.370. The van der Waals surface area contributed by atoms with E-state index in [-0.39, 0.29) is 25.1 Å². The number of rotatable bonds is 7. The second kappa shape index (κ2) is 10.1. The average Bonchev–Trinajstić information content (AvgIpc) is 2.82. The summed E-state index contributed by atoms with van der Waals surface area (Å²) in [6.45, 7) is 2.50. The van der Waals surface area contributed by atoms with Gasteiger partial charge in [-0.1, -0.05) is 61.0 Å². The molecule has 0 aliphatic heterocycles. The van der Waals surface area contributed by atoms with Crippen molar-refractivity contribution in [3.63, 3.8) is 0 Å². The van der Waals surface area contributed by atoms with E-state index < -0.39 is 0 Å². The van der Waals surface area contributed by atoms with Gasteiger partial charge in [-0.2, -0.15) is 0 Å². The highest BCUT2D eigenvalue weighted by atomic mass is 16.3. The van der Waals surface area contributed by atoms with Gasteiger partial charge in [-0.05, 0) is 66.1 Å². The summed E-state index contributed by atoms with van der Waals surface area (Å²) in [5, 5.41) is 18.2. The van der Waals surface area contributed by atoms with Gasteiger partial charge in [0.1, 0.15) is 0 Å². The van der Waals surface area contributed by atoms with Crippen molar-refractivity contribution in [2.24, 2.45) is 0 Å². The minimum absolute atomic E-state index is 0.0453. The Morgan fingerprint density at radius 2 is 1.87 bits per heavy atom. The number of amides is 1. The van der Waals surface area contributed by atoms with E-state index in [0.717, 1.165) is 12.8 Å². The lowest BCUT2D eigenvalue weighted by Gasteiger charge is -2.33. The summed E-state index contributed by atoms with van der Waals surface area (Å²) in [5.74, 6) is 0.336. The molecule has 0 radical (unpaired) electrons. The third-order valence-electron chi connectivity index (χ3n) is 6.47. The van der Waals surface area contributed by atoms with Gasteiger partial charge in [0.15, 0.2) is 0 Å². The van der Waals surface area contributed by atoms with Gasteiger partial charge < -0.3 is 15.7 Å². The molecule has 4 heteroatoms.